The fourth-order valence-electron chi connectivity index (χ4n) is 2.04. The molecule has 0 atom stereocenters. The van der Waals surface area contributed by atoms with Gasteiger partial charge in [0.15, 0.2) is 0 Å². The Kier molecular flexibility index (Phi) is 3.44. The Morgan fingerprint density at radius 2 is 2.00 bits per heavy atom. The summed E-state index contributed by atoms with van der Waals surface area (Å²) in [6, 6.07) is 11.2. The van der Waals surface area contributed by atoms with E-state index in [2.05, 4.69) is 20.7 Å². The average Bonchev–Trinajstić information content (AvgIpc) is 2.54. The van der Waals surface area contributed by atoms with Crippen molar-refractivity contribution in [2.45, 2.75) is 0 Å². The number of hydrogen-bond donors (Lipinski definition) is 3. The second-order valence-corrected chi connectivity index (χ2v) is 4.44. The monoisotopic (exact) mass is 279 g/mol. The lowest BCUT2D eigenvalue weighted by molar-refractivity contribution is 0.102. The molecule has 0 bridgehead atoms. The molecule has 1 amide bonds. The number of nitrogens with one attached hydrogen (secondary N) is 2. The highest BCUT2D eigenvalue weighted by atomic mass is 16.1. The predicted octanol–water partition coefficient (Wildman–Crippen LogP) is 2.17. The van der Waals surface area contributed by atoms with Crippen LogP contribution in [0.25, 0.3) is 10.9 Å². The molecular formula is C15H13N5O. The van der Waals surface area contributed by atoms with Gasteiger partial charge >= 0.3 is 0 Å². The number of carbonyl (C=O) groups excluding carboxylic acids is 1. The van der Waals surface area contributed by atoms with Gasteiger partial charge in [-0.2, -0.15) is 0 Å². The van der Waals surface area contributed by atoms with Crippen LogP contribution in [0.2, 0.25) is 0 Å². The van der Waals surface area contributed by atoms with E-state index in [9.17, 15) is 4.79 Å². The Bertz CT molecular complexity index is 803. The van der Waals surface area contributed by atoms with Crippen molar-refractivity contribution in [2.24, 2.45) is 5.84 Å². The largest absolute Gasteiger partial charge is 0.323 e. The first kappa shape index (κ1) is 13.0. The molecule has 104 valence electrons. The topological polar surface area (TPSA) is 92.9 Å². The predicted molar refractivity (Wildman–Crippen MR) is 81.7 cm³/mol. The molecule has 0 saturated carbocycles. The molecule has 6 nitrogen and oxygen atoms in total. The van der Waals surface area contributed by atoms with Gasteiger partial charge in [0, 0.05) is 17.8 Å². The molecule has 1 aromatic carbocycles. The SMILES string of the molecule is NNc1ccncc1C(=O)Nc1cnc2ccccc2c1. The van der Waals surface area contributed by atoms with Crippen molar-refractivity contribution in [2.75, 3.05) is 10.7 Å². The minimum Gasteiger partial charge on any atom is -0.323 e. The lowest BCUT2D eigenvalue weighted by atomic mass is 10.2. The van der Waals surface area contributed by atoms with E-state index in [0.29, 0.717) is 16.9 Å². The summed E-state index contributed by atoms with van der Waals surface area (Å²) in [6.07, 6.45) is 4.63. The molecular weight excluding hydrogens is 266 g/mol. The third-order valence-electron chi connectivity index (χ3n) is 3.07. The van der Waals surface area contributed by atoms with Gasteiger partial charge < -0.3 is 10.7 Å². The molecule has 4 N–H and O–H groups in total. The summed E-state index contributed by atoms with van der Waals surface area (Å²) in [5, 5.41) is 3.75. The van der Waals surface area contributed by atoms with E-state index >= 15 is 0 Å². The summed E-state index contributed by atoms with van der Waals surface area (Å²) in [7, 11) is 0. The summed E-state index contributed by atoms with van der Waals surface area (Å²) < 4.78 is 0. The number of rotatable bonds is 3. The highest BCUT2D eigenvalue weighted by molar-refractivity contribution is 6.08. The van der Waals surface area contributed by atoms with Crippen LogP contribution in [-0.2, 0) is 0 Å². The van der Waals surface area contributed by atoms with Crippen molar-refractivity contribution in [3.63, 3.8) is 0 Å². The molecule has 0 aliphatic rings. The number of aromatic nitrogens is 2. The molecule has 6 heteroatoms. The number of amides is 1. The van der Waals surface area contributed by atoms with Crippen LogP contribution in [-0.4, -0.2) is 15.9 Å². The van der Waals surface area contributed by atoms with Crippen LogP contribution in [0.4, 0.5) is 11.4 Å². The summed E-state index contributed by atoms with van der Waals surface area (Å²) in [5.74, 6) is 5.09. The van der Waals surface area contributed by atoms with Crippen LogP contribution in [0.1, 0.15) is 10.4 Å². The standard InChI is InChI=1S/C15H13N5O/c16-20-14-5-6-17-9-12(14)15(21)19-11-7-10-3-1-2-4-13(10)18-8-11/h1-9H,16H2,(H,17,20)(H,19,21). The van der Waals surface area contributed by atoms with E-state index in [0.717, 1.165) is 10.9 Å². The number of nitrogens with two attached hydrogens (primary N) is 1. The molecule has 0 saturated heterocycles. The van der Waals surface area contributed by atoms with E-state index in [1.807, 2.05) is 30.3 Å². The zero-order valence-corrected chi connectivity index (χ0v) is 11.1. The second-order valence-electron chi connectivity index (χ2n) is 4.44. The first-order valence-corrected chi connectivity index (χ1v) is 6.35. The van der Waals surface area contributed by atoms with Gasteiger partial charge in [0.2, 0.25) is 0 Å². The van der Waals surface area contributed by atoms with E-state index in [1.165, 1.54) is 6.20 Å². The number of nitrogen functional groups attached to an aromatic ring is 1. The Labute approximate surface area is 121 Å². The third-order valence-corrected chi connectivity index (χ3v) is 3.07. The van der Waals surface area contributed by atoms with Crippen molar-refractivity contribution < 1.29 is 4.79 Å². The number of carbonyl (C=O) groups is 1. The van der Waals surface area contributed by atoms with Gasteiger partial charge in [-0.3, -0.25) is 20.6 Å². The van der Waals surface area contributed by atoms with Crippen LogP contribution >= 0.6 is 0 Å². The Balaban J connectivity index is 1.89. The van der Waals surface area contributed by atoms with Crippen molar-refractivity contribution in [3.8, 4) is 0 Å². The fraction of sp³-hybridized carbons (Fsp3) is 0. The lowest BCUT2D eigenvalue weighted by Crippen LogP contribution is -2.17. The molecule has 3 aromatic rings. The average molecular weight is 279 g/mol. The minimum atomic E-state index is -0.298. The van der Waals surface area contributed by atoms with Gasteiger partial charge in [-0.25, -0.2) is 0 Å². The second kappa shape index (κ2) is 5.56. The minimum absolute atomic E-state index is 0.298. The molecule has 2 heterocycles. The molecule has 0 radical (unpaired) electrons. The summed E-state index contributed by atoms with van der Waals surface area (Å²) >= 11 is 0. The van der Waals surface area contributed by atoms with E-state index in [-0.39, 0.29) is 5.91 Å². The van der Waals surface area contributed by atoms with Gasteiger partial charge in [-0.1, -0.05) is 18.2 Å². The maximum atomic E-state index is 12.3. The summed E-state index contributed by atoms with van der Waals surface area (Å²) in [6.45, 7) is 0. The highest BCUT2D eigenvalue weighted by Crippen LogP contribution is 2.18. The van der Waals surface area contributed by atoms with Gasteiger partial charge in [-0.05, 0) is 18.2 Å². The summed E-state index contributed by atoms with van der Waals surface area (Å²) in [5.41, 5.74) is 4.85. The number of nitrogens with zero attached hydrogens (tertiary/aromatic N) is 2. The molecule has 0 unspecified atom stereocenters. The number of hydrogen-bond acceptors (Lipinski definition) is 5. The van der Waals surface area contributed by atoms with Crippen molar-refractivity contribution >= 4 is 28.2 Å². The van der Waals surface area contributed by atoms with E-state index in [4.69, 9.17) is 5.84 Å². The highest BCUT2D eigenvalue weighted by Gasteiger charge is 2.11. The first-order valence-electron chi connectivity index (χ1n) is 6.35. The zero-order chi connectivity index (χ0) is 14.7. The smallest absolute Gasteiger partial charge is 0.259 e. The van der Waals surface area contributed by atoms with Crippen LogP contribution in [0.3, 0.4) is 0 Å². The maximum absolute atomic E-state index is 12.3. The van der Waals surface area contributed by atoms with Gasteiger partial charge in [0.05, 0.1) is 28.7 Å². The summed E-state index contributed by atoms with van der Waals surface area (Å²) in [4.78, 5) is 20.5. The fourth-order valence-corrected chi connectivity index (χ4v) is 2.04. The molecule has 3 rings (SSSR count). The van der Waals surface area contributed by atoms with Crippen LogP contribution in [0, 0.1) is 0 Å². The van der Waals surface area contributed by atoms with Crippen LogP contribution < -0.4 is 16.6 Å². The van der Waals surface area contributed by atoms with E-state index < -0.39 is 0 Å². The molecule has 21 heavy (non-hydrogen) atoms. The van der Waals surface area contributed by atoms with Gasteiger partial charge in [-0.15, -0.1) is 0 Å². The van der Waals surface area contributed by atoms with Crippen molar-refractivity contribution in [3.05, 3.63) is 60.6 Å². The quantitative estimate of drug-likeness (QED) is 0.504. The number of pyridine rings is 2. The third kappa shape index (κ3) is 2.65. The Morgan fingerprint density at radius 3 is 2.86 bits per heavy atom. The van der Waals surface area contributed by atoms with E-state index in [1.54, 1.807) is 18.5 Å². The van der Waals surface area contributed by atoms with Gasteiger partial charge in [0.25, 0.3) is 5.91 Å². The maximum Gasteiger partial charge on any atom is 0.259 e. The number of hydrazine groups is 1. The number of para-hydroxylation sites is 1. The number of benzene rings is 1. The molecule has 0 aliphatic heterocycles. The first-order chi connectivity index (χ1) is 10.3. The zero-order valence-electron chi connectivity index (χ0n) is 11.1. The lowest BCUT2D eigenvalue weighted by Gasteiger charge is -2.09. The van der Waals surface area contributed by atoms with Crippen LogP contribution in [0.15, 0.2) is 55.0 Å². The number of anilines is 2. The molecule has 0 spiro atoms. The molecule has 2 aromatic heterocycles. The van der Waals surface area contributed by atoms with Crippen LogP contribution in [0.5, 0.6) is 0 Å². The Hall–Kier alpha value is -2.99. The van der Waals surface area contributed by atoms with Gasteiger partial charge in [0.1, 0.15) is 0 Å². The van der Waals surface area contributed by atoms with Crippen molar-refractivity contribution in [1.29, 1.82) is 0 Å². The molecule has 0 fully saturated rings. The Morgan fingerprint density at radius 1 is 1.14 bits per heavy atom. The normalized spacial score (nSPS) is 10.3. The number of fused-ring (bicyclic) bond motifs is 1. The van der Waals surface area contributed by atoms with Crippen molar-refractivity contribution in [1.82, 2.24) is 9.97 Å². The molecule has 0 aliphatic carbocycles.